The number of nitrogens with one attached hydrogen (secondary N) is 2. The Morgan fingerprint density at radius 2 is 1.67 bits per heavy atom. The Morgan fingerprint density at radius 1 is 1.14 bits per heavy atom. The summed E-state index contributed by atoms with van der Waals surface area (Å²) in [7, 11) is 1.86. The highest BCUT2D eigenvalue weighted by Crippen LogP contribution is 2.23. The van der Waals surface area contributed by atoms with Crippen molar-refractivity contribution in [3.63, 3.8) is 0 Å². The van der Waals surface area contributed by atoms with Gasteiger partial charge >= 0.3 is 0 Å². The number of amides is 1. The van der Waals surface area contributed by atoms with Gasteiger partial charge in [0.15, 0.2) is 0 Å². The Balaban J connectivity index is 0.00000400. The Kier molecular flexibility index (Phi) is 7.98. The Bertz CT molecular complexity index is 437. The fourth-order valence-electron chi connectivity index (χ4n) is 2.11. The van der Waals surface area contributed by atoms with Crippen LogP contribution in [-0.4, -0.2) is 19.5 Å². The molecule has 1 aromatic carbocycles. The number of hydrogen-bond donors (Lipinski definition) is 2. The van der Waals surface area contributed by atoms with E-state index < -0.39 is 0 Å². The van der Waals surface area contributed by atoms with Crippen molar-refractivity contribution < 1.29 is 4.79 Å². The molecule has 2 unspecified atom stereocenters. The van der Waals surface area contributed by atoms with Gasteiger partial charge in [0.25, 0.3) is 0 Å². The first-order valence-electron chi connectivity index (χ1n) is 7.31. The molecule has 0 radical (unpaired) electrons. The minimum absolute atomic E-state index is 0. The van der Waals surface area contributed by atoms with Crippen molar-refractivity contribution in [2.45, 2.75) is 46.1 Å². The van der Waals surface area contributed by atoms with Gasteiger partial charge in [-0.3, -0.25) is 4.79 Å². The topological polar surface area (TPSA) is 41.1 Å². The second-order valence-corrected chi connectivity index (χ2v) is 6.56. The Hall–Kier alpha value is -1.06. The van der Waals surface area contributed by atoms with Crippen LogP contribution in [0.3, 0.4) is 0 Å². The van der Waals surface area contributed by atoms with Crippen LogP contribution in [0.5, 0.6) is 0 Å². The van der Waals surface area contributed by atoms with Crippen LogP contribution in [0.2, 0.25) is 0 Å². The fraction of sp³-hybridized carbons (Fsp3) is 0.588. The minimum Gasteiger partial charge on any atom is -0.349 e. The van der Waals surface area contributed by atoms with Crippen LogP contribution in [0.4, 0.5) is 0 Å². The van der Waals surface area contributed by atoms with Crippen LogP contribution in [0, 0.1) is 5.92 Å². The lowest BCUT2D eigenvalue weighted by Gasteiger charge is -2.21. The minimum atomic E-state index is -0.0173. The number of hydrogen-bond acceptors (Lipinski definition) is 2. The molecule has 0 heterocycles. The normalized spacial score (nSPS) is 14.0. The van der Waals surface area contributed by atoms with E-state index in [1.807, 2.05) is 20.9 Å². The molecule has 21 heavy (non-hydrogen) atoms. The maximum absolute atomic E-state index is 12.0. The largest absolute Gasteiger partial charge is 0.349 e. The molecule has 4 heteroatoms. The molecule has 1 rings (SSSR count). The monoisotopic (exact) mass is 312 g/mol. The number of carbonyl (C=O) groups excluding carboxylic acids is 1. The fourth-order valence-corrected chi connectivity index (χ4v) is 2.11. The van der Waals surface area contributed by atoms with Crippen molar-refractivity contribution in [2.75, 3.05) is 13.6 Å². The van der Waals surface area contributed by atoms with Crippen molar-refractivity contribution in [1.82, 2.24) is 10.6 Å². The molecule has 120 valence electrons. The standard InChI is InChI=1S/C17H28N2O.ClH/c1-12(11-18-6)16(20)19-13(2)14-7-9-15(10-8-14)17(3,4)5;/h7-10,12-13,18H,11H2,1-6H3,(H,19,20);1H. The summed E-state index contributed by atoms with van der Waals surface area (Å²) in [6, 6.07) is 8.54. The van der Waals surface area contributed by atoms with Crippen LogP contribution in [-0.2, 0) is 10.2 Å². The lowest BCUT2D eigenvalue weighted by Crippen LogP contribution is -2.35. The van der Waals surface area contributed by atoms with Gasteiger partial charge in [0.05, 0.1) is 6.04 Å². The van der Waals surface area contributed by atoms with E-state index in [4.69, 9.17) is 0 Å². The molecule has 1 amide bonds. The first-order valence-corrected chi connectivity index (χ1v) is 7.31. The molecule has 0 aromatic heterocycles. The molecule has 2 atom stereocenters. The summed E-state index contributed by atoms with van der Waals surface area (Å²) in [5.41, 5.74) is 2.61. The van der Waals surface area contributed by atoms with Gasteiger partial charge in [-0.15, -0.1) is 12.4 Å². The summed E-state index contributed by atoms with van der Waals surface area (Å²) in [4.78, 5) is 12.0. The molecule has 0 aliphatic heterocycles. The van der Waals surface area contributed by atoms with Gasteiger partial charge in [-0.1, -0.05) is 52.0 Å². The maximum atomic E-state index is 12.0. The van der Waals surface area contributed by atoms with Gasteiger partial charge in [0.1, 0.15) is 0 Å². The SMILES string of the molecule is CNCC(C)C(=O)NC(C)c1ccc(C(C)(C)C)cc1.Cl. The smallest absolute Gasteiger partial charge is 0.224 e. The second-order valence-electron chi connectivity index (χ2n) is 6.56. The molecular formula is C17H29ClN2O. The third-order valence-electron chi connectivity index (χ3n) is 3.59. The zero-order chi connectivity index (χ0) is 15.3. The Labute approximate surface area is 135 Å². The molecule has 1 aromatic rings. The molecule has 0 aliphatic carbocycles. The Morgan fingerprint density at radius 3 is 2.10 bits per heavy atom. The van der Waals surface area contributed by atoms with Crippen molar-refractivity contribution >= 4 is 18.3 Å². The number of halogens is 1. The van der Waals surface area contributed by atoms with Crippen molar-refractivity contribution in [1.29, 1.82) is 0 Å². The predicted molar refractivity (Wildman–Crippen MR) is 92.0 cm³/mol. The third kappa shape index (κ3) is 6.06. The average molecular weight is 313 g/mol. The molecule has 0 saturated heterocycles. The first kappa shape index (κ1) is 19.9. The van der Waals surface area contributed by atoms with E-state index in [0.717, 1.165) is 5.56 Å². The van der Waals surface area contributed by atoms with Gasteiger partial charge in [-0.2, -0.15) is 0 Å². The van der Waals surface area contributed by atoms with Crippen molar-refractivity contribution in [3.8, 4) is 0 Å². The van der Waals surface area contributed by atoms with Crippen molar-refractivity contribution in [3.05, 3.63) is 35.4 Å². The van der Waals surface area contributed by atoms with Gasteiger partial charge < -0.3 is 10.6 Å². The molecule has 0 aliphatic rings. The highest BCUT2D eigenvalue weighted by molar-refractivity contribution is 5.85. The zero-order valence-electron chi connectivity index (χ0n) is 14.0. The van der Waals surface area contributed by atoms with Crippen LogP contribution in [0.1, 0.15) is 51.8 Å². The number of rotatable bonds is 5. The number of carbonyl (C=O) groups is 1. The summed E-state index contributed by atoms with van der Waals surface area (Å²) in [5, 5.41) is 6.08. The van der Waals surface area contributed by atoms with Crippen LogP contribution in [0.15, 0.2) is 24.3 Å². The van der Waals surface area contributed by atoms with Crippen molar-refractivity contribution in [2.24, 2.45) is 5.92 Å². The van der Waals surface area contributed by atoms with Gasteiger partial charge in [0, 0.05) is 12.5 Å². The molecule has 2 N–H and O–H groups in total. The highest BCUT2D eigenvalue weighted by atomic mass is 35.5. The summed E-state index contributed by atoms with van der Waals surface area (Å²) in [6.07, 6.45) is 0. The van der Waals surface area contributed by atoms with Crippen LogP contribution in [0.25, 0.3) is 0 Å². The predicted octanol–water partition coefficient (Wildman–Crippen LogP) is 3.44. The van der Waals surface area contributed by atoms with E-state index in [9.17, 15) is 4.79 Å². The molecule has 0 bridgehead atoms. The van der Waals surface area contributed by atoms with Crippen LogP contribution < -0.4 is 10.6 Å². The molecule has 0 saturated carbocycles. The van der Waals surface area contributed by atoms with Gasteiger partial charge in [-0.25, -0.2) is 0 Å². The average Bonchev–Trinajstić information content (AvgIpc) is 2.38. The lowest BCUT2D eigenvalue weighted by molar-refractivity contribution is -0.125. The molecule has 0 spiro atoms. The van der Waals surface area contributed by atoms with E-state index >= 15 is 0 Å². The van der Waals surface area contributed by atoms with Gasteiger partial charge in [-0.05, 0) is 30.5 Å². The van der Waals surface area contributed by atoms with E-state index in [2.05, 4.69) is 55.7 Å². The summed E-state index contributed by atoms with van der Waals surface area (Å²) >= 11 is 0. The first-order chi connectivity index (χ1) is 9.25. The third-order valence-corrected chi connectivity index (χ3v) is 3.59. The number of benzene rings is 1. The van der Waals surface area contributed by atoms with Crippen LogP contribution >= 0.6 is 12.4 Å². The molecule has 0 fully saturated rings. The molecule has 3 nitrogen and oxygen atoms in total. The van der Waals surface area contributed by atoms with E-state index in [1.54, 1.807) is 0 Å². The molecular weight excluding hydrogens is 284 g/mol. The van der Waals surface area contributed by atoms with Gasteiger partial charge in [0.2, 0.25) is 5.91 Å². The highest BCUT2D eigenvalue weighted by Gasteiger charge is 2.17. The zero-order valence-corrected chi connectivity index (χ0v) is 14.8. The second kappa shape index (κ2) is 8.40. The summed E-state index contributed by atoms with van der Waals surface area (Å²) in [6.45, 7) is 11.3. The van der Waals surface area contributed by atoms with E-state index in [1.165, 1.54) is 5.56 Å². The lowest BCUT2D eigenvalue weighted by atomic mass is 9.86. The van der Waals surface area contributed by atoms with E-state index in [-0.39, 0.29) is 35.7 Å². The summed E-state index contributed by atoms with van der Waals surface area (Å²) in [5.74, 6) is 0.0723. The van der Waals surface area contributed by atoms with E-state index in [0.29, 0.717) is 6.54 Å². The quantitative estimate of drug-likeness (QED) is 0.874. The summed E-state index contributed by atoms with van der Waals surface area (Å²) < 4.78 is 0. The maximum Gasteiger partial charge on any atom is 0.224 e.